The first-order valence-corrected chi connectivity index (χ1v) is 11.6. The molecule has 2 aliphatic heterocycles. The number of rotatable bonds is 5. The maximum atomic E-state index is 12.5. The number of nitrogens with zero attached hydrogens (tertiary/aromatic N) is 2. The second-order valence-electron chi connectivity index (χ2n) is 6.67. The monoisotopic (exact) mass is 423 g/mol. The number of piperidine rings is 1. The molecule has 0 spiro atoms. The van der Waals surface area contributed by atoms with Gasteiger partial charge in [-0.2, -0.15) is 0 Å². The van der Waals surface area contributed by atoms with Crippen LogP contribution in [-0.4, -0.2) is 49.2 Å². The first-order valence-electron chi connectivity index (χ1n) is 9.10. The van der Waals surface area contributed by atoms with Crippen LogP contribution < -0.4 is 14.8 Å². The van der Waals surface area contributed by atoms with Gasteiger partial charge in [0.25, 0.3) is 0 Å². The lowest BCUT2D eigenvalue weighted by Crippen LogP contribution is -2.42. The van der Waals surface area contributed by atoms with Crippen LogP contribution in [0, 0.1) is 5.92 Å². The number of fused-ring (bicyclic) bond motifs is 1. The number of hydrogen-bond acceptors (Lipinski definition) is 7. The van der Waals surface area contributed by atoms with Gasteiger partial charge in [0.1, 0.15) is 0 Å². The average molecular weight is 424 g/mol. The molecule has 28 heavy (non-hydrogen) atoms. The Hall–Kier alpha value is -2.17. The molecule has 150 valence electrons. The van der Waals surface area contributed by atoms with Gasteiger partial charge in [0.15, 0.2) is 16.6 Å². The molecule has 1 amide bonds. The second kappa shape index (κ2) is 7.69. The van der Waals surface area contributed by atoms with E-state index in [1.54, 1.807) is 6.92 Å². The maximum absolute atomic E-state index is 12.5. The Labute approximate surface area is 167 Å². The van der Waals surface area contributed by atoms with E-state index < -0.39 is 10.0 Å². The summed E-state index contributed by atoms with van der Waals surface area (Å²) in [5, 5.41) is 5.27. The fraction of sp³-hybridized carbons (Fsp3) is 0.444. The number of nitrogens with one attached hydrogen (secondary N) is 1. The summed E-state index contributed by atoms with van der Waals surface area (Å²) in [5.74, 6) is 1.17. The normalized spacial score (nSPS) is 17.6. The van der Waals surface area contributed by atoms with Gasteiger partial charge in [0, 0.05) is 30.0 Å². The van der Waals surface area contributed by atoms with Crippen molar-refractivity contribution in [2.45, 2.75) is 19.8 Å². The molecule has 1 aromatic heterocycles. The molecule has 2 aromatic rings. The molecule has 1 fully saturated rings. The van der Waals surface area contributed by atoms with Crippen molar-refractivity contribution in [2.75, 3.05) is 31.0 Å². The zero-order chi connectivity index (χ0) is 19.7. The average Bonchev–Trinajstić information content (AvgIpc) is 3.36. The summed E-state index contributed by atoms with van der Waals surface area (Å²) in [6.45, 7) is 2.62. The van der Waals surface area contributed by atoms with E-state index in [0.29, 0.717) is 42.6 Å². The summed E-state index contributed by atoms with van der Waals surface area (Å²) in [7, 11) is -3.19. The van der Waals surface area contributed by atoms with Gasteiger partial charge in [-0.3, -0.25) is 4.79 Å². The van der Waals surface area contributed by atoms with E-state index in [1.165, 1.54) is 15.6 Å². The predicted octanol–water partition coefficient (Wildman–Crippen LogP) is 2.54. The summed E-state index contributed by atoms with van der Waals surface area (Å²) in [4.78, 5) is 17.0. The smallest absolute Gasteiger partial charge is 0.231 e. The van der Waals surface area contributed by atoms with Crippen molar-refractivity contribution >= 4 is 32.4 Å². The third-order valence-corrected chi connectivity index (χ3v) is 7.62. The molecule has 3 heterocycles. The summed E-state index contributed by atoms with van der Waals surface area (Å²) in [6.07, 6.45) is 1.04. The van der Waals surface area contributed by atoms with E-state index in [4.69, 9.17) is 9.47 Å². The molecule has 10 heteroatoms. The van der Waals surface area contributed by atoms with E-state index in [-0.39, 0.29) is 24.4 Å². The maximum Gasteiger partial charge on any atom is 0.231 e. The highest BCUT2D eigenvalue weighted by atomic mass is 32.2. The number of anilines is 1. The third kappa shape index (κ3) is 3.85. The Bertz CT molecular complexity index is 981. The van der Waals surface area contributed by atoms with Crippen molar-refractivity contribution in [1.82, 2.24) is 9.29 Å². The first kappa shape index (κ1) is 19.2. The highest BCUT2D eigenvalue weighted by Crippen LogP contribution is 2.36. The number of aromatic nitrogens is 1. The quantitative estimate of drug-likeness (QED) is 0.794. The van der Waals surface area contributed by atoms with E-state index >= 15 is 0 Å². The molecule has 1 N–H and O–H groups in total. The van der Waals surface area contributed by atoms with Gasteiger partial charge in [-0.1, -0.05) is 0 Å². The van der Waals surface area contributed by atoms with Crippen LogP contribution in [0.15, 0.2) is 23.6 Å². The van der Waals surface area contributed by atoms with E-state index in [1.807, 2.05) is 23.6 Å². The molecule has 0 atom stereocenters. The van der Waals surface area contributed by atoms with Crippen LogP contribution in [0.3, 0.4) is 0 Å². The van der Waals surface area contributed by atoms with Crippen molar-refractivity contribution in [3.63, 3.8) is 0 Å². The third-order valence-electron chi connectivity index (χ3n) is 4.99. The van der Waals surface area contributed by atoms with Crippen LogP contribution >= 0.6 is 11.3 Å². The lowest BCUT2D eigenvalue weighted by molar-refractivity contribution is -0.120. The molecule has 2 aliphatic rings. The number of ether oxygens (including phenoxy) is 2. The number of amides is 1. The van der Waals surface area contributed by atoms with Crippen molar-refractivity contribution in [2.24, 2.45) is 5.92 Å². The van der Waals surface area contributed by atoms with Gasteiger partial charge in [0.2, 0.25) is 22.7 Å². The van der Waals surface area contributed by atoms with E-state index in [0.717, 1.165) is 11.3 Å². The van der Waals surface area contributed by atoms with E-state index in [9.17, 15) is 13.2 Å². The number of carbonyl (C=O) groups excluding carboxylic acids is 1. The Kier molecular flexibility index (Phi) is 5.26. The number of sulfonamides is 1. The Morgan fingerprint density at radius 3 is 2.79 bits per heavy atom. The largest absolute Gasteiger partial charge is 0.454 e. The number of hydrogen-bond donors (Lipinski definition) is 1. The van der Waals surface area contributed by atoms with Gasteiger partial charge in [-0.15, -0.1) is 11.3 Å². The van der Waals surface area contributed by atoms with Crippen molar-refractivity contribution < 1.29 is 22.7 Å². The zero-order valence-corrected chi connectivity index (χ0v) is 17.0. The SMILES string of the molecule is CCS(=O)(=O)N1CCC(C(=O)Nc2nc(-c3ccc4c(c3)OCO4)cs2)CC1. The summed E-state index contributed by atoms with van der Waals surface area (Å²) in [5.41, 5.74) is 1.64. The molecule has 0 aliphatic carbocycles. The van der Waals surface area contributed by atoms with Gasteiger partial charge < -0.3 is 14.8 Å². The lowest BCUT2D eigenvalue weighted by Gasteiger charge is -2.30. The molecule has 0 unspecified atom stereocenters. The minimum Gasteiger partial charge on any atom is -0.454 e. The van der Waals surface area contributed by atoms with Crippen LogP contribution in [0.1, 0.15) is 19.8 Å². The topological polar surface area (TPSA) is 97.8 Å². The predicted molar refractivity (Wildman–Crippen MR) is 106 cm³/mol. The highest BCUT2D eigenvalue weighted by Gasteiger charge is 2.30. The van der Waals surface area contributed by atoms with Crippen LogP contribution in [0.5, 0.6) is 11.5 Å². The molecule has 0 radical (unpaired) electrons. The standard InChI is InChI=1S/C18H21N3O5S2/c1-2-28(23,24)21-7-5-12(6-8-21)17(22)20-18-19-14(10-27-18)13-3-4-15-16(9-13)26-11-25-15/h3-4,9-10,12H,2,5-8,11H2,1H3,(H,19,20,22). The molecule has 0 bridgehead atoms. The Balaban J connectivity index is 1.37. The molecule has 4 rings (SSSR count). The molecule has 1 saturated heterocycles. The minimum absolute atomic E-state index is 0.0889. The van der Waals surface area contributed by atoms with Crippen LogP contribution in [0.25, 0.3) is 11.3 Å². The Morgan fingerprint density at radius 2 is 2.04 bits per heavy atom. The van der Waals surface area contributed by atoms with Crippen LogP contribution in [0.4, 0.5) is 5.13 Å². The zero-order valence-electron chi connectivity index (χ0n) is 15.4. The van der Waals surface area contributed by atoms with Crippen molar-refractivity contribution in [3.05, 3.63) is 23.6 Å². The molecule has 0 saturated carbocycles. The fourth-order valence-corrected chi connectivity index (χ4v) is 5.16. The summed E-state index contributed by atoms with van der Waals surface area (Å²) in [6, 6.07) is 5.61. The Morgan fingerprint density at radius 1 is 1.29 bits per heavy atom. The van der Waals surface area contributed by atoms with Crippen molar-refractivity contribution in [3.8, 4) is 22.8 Å². The van der Waals surface area contributed by atoms with Crippen LogP contribution in [0.2, 0.25) is 0 Å². The number of carbonyl (C=O) groups is 1. The molecule has 8 nitrogen and oxygen atoms in total. The summed E-state index contributed by atoms with van der Waals surface area (Å²) < 4.78 is 36.0. The van der Waals surface area contributed by atoms with Crippen LogP contribution in [-0.2, 0) is 14.8 Å². The van der Waals surface area contributed by atoms with Gasteiger partial charge in [-0.25, -0.2) is 17.7 Å². The number of benzene rings is 1. The molecular weight excluding hydrogens is 402 g/mol. The van der Waals surface area contributed by atoms with Gasteiger partial charge in [0.05, 0.1) is 11.4 Å². The van der Waals surface area contributed by atoms with Crippen molar-refractivity contribution in [1.29, 1.82) is 0 Å². The van der Waals surface area contributed by atoms with E-state index in [2.05, 4.69) is 10.3 Å². The number of thiazole rings is 1. The fourth-order valence-electron chi connectivity index (χ4n) is 3.31. The van der Waals surface area contributed by atoms with Gasteiger partial charge in [-0.05, 0) is 38.0 Å². The summed E-state index contributed by atoms with van der Waals surface area (Å²) >= 11 is 1.36. The first-order chi connectivity index (χ1) is 13.5. The second-order valence-corrected chi connectivity index (χ2v) is 9.78. The lowest BCUT2D eigenvalue weighted by atomic mass is 9.97. The minimum atomic E-state index is -3.19. The highest BCUT2D eigenvalue weighted by molar-refractivity contribution is 7.89. The molecule has 1 aromatic carbocycles. The molecular formula is C18H21N3O5S2. The van der Waals surface area contributed by atoms with Gasteiger partial charge >= 0.3 is 0 Å².